The SMILES string of the molecule is CN(C(=O)Cc1cc(F)cc(F)c1)[C@@H]1CCCC[C@@H]1O. The summed E-state index contributed by atoms with van der Waals surface area (Å²) in [4.78, 5) is 13.7. The number of rotatable bonds is 3. The number of carbonyl (C=O) groups is 1. The summed E-state index contributed by atoms with van der Waals surface area (Å²) in [6.07, 6.45) is 2.83. The fourth-order valence-corrected chi connectivity index (χ4v) is 2.74. The molecule has 1 fully saturated rings. The van der Waals surface area contributed by atoms with Gasteiger partial charge in [0, 0.05) is 13.1 Å². The van der Waals surface area contributed by atoms with Crippen molar-refractivity contribution in [2.24, 2.45) is 0 Å². The topological polar surface area (TPSA) is 40.5 Å². The van der Waals surface area contributed by atoms with Gasteiger partial charge >= 0.3 is 0 Å². The van der Waals surface area contributed by atoms with Crippen LogP contribution in [0.4, 0.5) is 8.78 Å². The van der Waals surface area contributed by atoms with Gasteiger partial charge in [0.05, 0.1) is 18.6 Å². The van der Waals surface area contributed by atoms with Crippen LogP contribution in [0.1, 0.15) is 31.2 Å². The van der Waals surface area contributed by atoms with Gasteiger partial charge in [0.1, 0.15) is 11.6 Å². The second-order valence-corrected chi connectivity index (χ2v) is 5.38. The lowest BCUT2D eigenvalue weighted by atomic mass is 9.91. The Labute approximate surface area is 117 Å². The van der Waals surface area contributed by atoms with Gasteiger partial charge in [-0.05, 0) is 30.5 Å². The molecule has 2 rings (SSSR count). The van der Waals surface area contributed by atoms with Gasteiger partial charge in [-0.25, -0.2) is 8.78 Å². The summed E-state index contributed by atoms with van der Waals surface area (Å²) in [5.41, 5.74) is 0.310. The van der Waals surface area contributed by atoms with Crippen LogP contribution >= 0.6 is 0 Å². The van der Waals surface area contributed by atoms with E-state index in [1.807, 2.05) is 0 Å². The standard InChI is InChI=1S/C15H19F2NO2/c1-18(13-4-2-3-5-14(13)19)15(20)8-10-6-11(16)9-12(17)7-10/h6-7,9,13-14,19H,2-5,8H2,1H3/t13-,14+/m1/s1. The number of hydrogen-bond acceptors (Lipinski definition) is 2. The molecule has 0 aliphatic heterocycles. The number of nitrogens with zero attached hydrogens (tertiary/aromatic N) is 1. The van der Waals surface area contributed by atoms with Crippen molar-refractivity contribution in [3.8, 4) is 0 Å². The van der Waals surface area contributed by atoms with E-state index in [2.05, 4.69) is 0 Å². The van der Waals surface area contributed by atoms with E-state index in [1.165, 1.54) is 4.90 Å². The van der Waals surface area contributed by atoms with Crippen molar-refractivity contribution in [1.29, 1.82) is 0 Å². The summed E-state index contributed by atoms with van der Waals surface area (Å²) >= 11 is 0. The Morgan fingerprint density at radius 2 is 1.85 bits per heavy atom. The first-order chi connectivity index (χ1) is 9.47. The van der Waals surface area contributed by atoms with Crippen LogP contribution in [-0.2, 0) is 11.2 Å². The number of carbonyl (C=O) groups excluding carboxylic acids is 1. The molecule has 0 radical (unpaired) electrons. The number of benzene rings is 1. The van der Waals surface area contributed by atoms with Crippen LogP contribution in [0.25, 0.3) is 0 Å². The minimum atomic E-state index is -0.687. The molecule has 0 heterocycles. The van der Waals surface area contributed by atoms with E-state index in [1.54, 1.807) is 7.05 Å². The lowest BCUT2D eigenvalue weighted by Gasteiger charge is -2.35. The van der Waals surface area contributed by atoms with E-state index in [0.29, 0.717) is 12.0 Å². The zero-order valence-corrected chi connectivity index (χ0v) is 11.5. The third-order valence-electron chi connectivity index (χ3n) is 3.86. The second kappa shape index (κ2) is 6.31. The predicted octanol–water partition coefficient (Wildman–Crippen LogP) is 2.27. The average Bonchev–Trinajstić information content (AvgIpc) is 2.37. The van der Waals surface area contributed by atoms with Crippen LogP contribution in [0.15, 0.2) is 18.2 Å². The minimum absolute atomic E-state index is 0.0611. The summed E-state index contributed by atoms with van der Waals surface area (Å²) < 4.78 is 26.2. The van der Waals surface area contributed by atoms with Gasteiger partial charge in [-0.3, -0.25) is 4.79 Å². The third-order valence-corrected chi connectivity index (χ3v) is 3.86. The van der Waals surface area contributed by atoms with Crippen molar-refractivity contribution in [2.45, 2.75) is 44.2 Å². The predicted molar refractivity (Wildman–Crippen MR) is 71.1 cm³/mol. The van der Waals surface area contributed by atoms with Crippen molar-refractivity contribution in [3.63, 3.8) is 0 Å². The highest BCUT2D eigenvalue weighted by atomic mass is 19.1. The number of amides is 1. The molecule has 1 aromatic carbocycles. The van der Waals surface area contributed by atoms with Crippen molar-refractivity contribution in [1.82, 2.24) is 4.90 Å². The molecule has 0 bridgehead atoms. The molecule has 1 N–H and O–H groups in total. The number of halogens is 2. The zero-order valence-electron chi connectivity index (χ0n) is 11.5. The van der Waals surface area contributed by atoms with Crippen LogP contribution in [0.3, 0.4) is 0 Å². The highest BCUT2D eigenvalue weighted by Gasteiger charge is 2.29. The first-order valence-corrected chi connectivity index (χ1v) is 6.86. The first-order valence-electron chi connectivity index (χ1n) is 6.86. The van der Waals surface area contributed by atoms with Crippen molar-refractivity contribution >= 4 is 5.91 Å². The number of hydrogen-bond donors (Lipinski definition) is 1. The van der Waals surface area contributed by atoms with Gasteiger partial charge in [-0.2, -0.15) is 0 Å². The normalized spacial score (nSPS) is 22.6. The molecule has 0 spiro atoms. The first kappa shape index (κ1) is 14.9. The van der Waals surface area contributed by atoms with Crippen molar-refractivity contribution < 1.29 is 18.7 Å². The van der Waals surface area contributed by atoms with Gasteiger partial charge in [0.25, 0.3) is 0 Å². The van der Waals surface area contributed by atoms with Gasteiger partial charge in [0.15, 0.2) is 0 Å². The lowest BCUT2D eigenvalue weighted by molar-refractivity contribution is -0.134. The van der Waals surface area contributed by atoms with E-state index in [-0.39, 0.29) is 18.4 Å². The van der Waals surface area contributed by atoms with Crippen molar-refractivity contribution in [3.05, 3.63) is 35.4 Å². The summed E-state index contributed by atoms with van der Waals surface area (Å²) in [6, 6.07) is 2.90. The molecule has 5 heteroatoms. The molecule has 110 valence electrons. The Kier molecular flexibility index (Phi) is 4.70. The highest BCUT2D eigenvalue weighted by Crippen LogP contribution is 2.23. The van der Waals surface area contributed by atoms with E-state index in [9.17, 15) is 18.7 Å². The van der Waals surface area contributed by atoms with E-state index >= 15 is 0 Å². The smallest absolute Gasteiger partial charge is 0.227 e. The third kappa shape index (κ3) is 3.54. The summed E-state index contributed by atoms with van der Waals surface area (Å²) in [5, 5.41) is 9.93. The van der Waals surface area contributed by atoms with Crippen LogP contribution in [0.2, 0.25) is 0 Å². The molecule has 1 aromatic rings. The molecule has 0 aromatic heterocycles. The van der Waals surface area contributed by atoms with E-state index < -0.39 is 17.7 Å². The Balaban J connectivity index is 2.03. The highest BCUT2D eigenvalue weighted by molar-refractivity contribution is 5.78. The Morgan fingerprint density at radius 3 is 2.45 bits per heavy atom. The number of aliphatic hydroxyl groups is 1. The summed E-state index contributed by atoms with van der Waals surface area (Å²) in [5.74, 6) is -1.61. The molecule has 1 aliphatic carbocycles. The fourth-order valence-electron chi connectivity index (χ4n) is 2.74. The molecule has 0 saturated heterocycles. The summed E-state index contributed by atoms with van der Waals surface area (Å²) in [7, 11) is 1.64. The molecule has 20 heavy (non-hydrogen) atoms. The largest absolute Gasteiger partial charge is 0.391 e. The zero-order chi connectivity index (χ0) is 14.7. The van der Waals surface area contributed by atoms with Crippen LogP contribution in [0, 0.1) is 11.6 Å². The molecule has 1 amide bonds. The van der Waals surface area contributed by atoms with Gasteiger partial charge in [-0.1, -0.05) is 12.8 Å². The van der Waals surface area contributed by atoms with Gasteiger partial charge in [-0.15, -0.1) is 0 Å². The quantitative estimate of drug-likeness (QED) is 0.924. The van der Waals surface area contributed by atoms with Crippen molar-refractivity contribution in [2.75, 3.05) is 7.05 Å². The molecule has 3 nitrogen and oxygen atoms in total. The Bertz CT molecular complexity index is 473. The monoisotopic (exact) mass is 283 g/mol. The molecule has 1 aliphatic rings. The minimum Gasteiger partial charge on any atom is -0.391 e. The van der Waals surface area contributed by atoms with E-state index in [4.69, 9.17) is 0 Å². The average molecular weight is 283 g/mol. The van der Waals surface area contributed by atoms with Crippen LogP contribution in [0.5, 0.6) is 0 Å². The maximum absolute atomic E-state index is 13.1. The second-order valence-electron chi connectivity index (χ2n) is 5.38. The molecule has 2 atom stereocenters. The number of aliphatic hydroxyl groups excluding tert-OH is 1. The Hall–Kier alpha value is -1.49. The maximum Gasteiger partial charge on any atom is 0.227 e. The van der Waals surface area contributed by atoms with Crippen LogP contribution in [-0.4, -0.2) is 35.1 Å². The maximum atomic E-state index is 13.1. The molecular weight excluding hydrogens is 264 g/mol. The van der Waals surface area contributed by atoms with Gasteiger partial charge in [0.2, 0.25) is 5.91 Å². The number of likely N-dealkylation sites (N-methyl/N-ethyl adjacent to an activating group) is 1. The molecule has 0 unspecified atom stereocenters. The molecular formula is C15H19F2NO2. The van der Waals surface area contributed by atoms with E-state index in [0.717, 1.165) is 37.5 Å². The summed E-state index contributed by atoms with van der Waals surface area (Å²) in [6.45, 7) is 0. The van der Waals surface area contributed by atoms with Crippen LogP contribution < -0.4 is 0 Å². The van der Waals surface area contributed by atoms with Gasteiger partial charge < -0.3 is 10.0 Å². The Morgan fingerprint density at radius 1 is 1.25 bits per heavy atom. The lowest BCUT2D eigenvalue weighted by Crippen LogP contribution is -2.46. The fraction of sp³-hybridized carbons (Fsp3) is 0.533. The molecule has 1 saturated carbocycles.